The van der Waals surface area contributed by atoms with Crippen LogP contribution in [0.25, 0.3) is 0 Å². The molecule has 0 spiro atoms. The number of amides is 1. The van der Waals surface area contributed by atoms with Crippen molar-refractivity contribution in [2.45, 2.75) is 46.0 Å². The average molecular weight is 227 g/mol. The van der Waals surface area contributed by atoms with E-state index in [4.69, 9.17) is 5.11 Å². The number of rotatable bonds is 7. The Kier molecular flexibility index (Phi) is 4.33. The Balaban J connectivity index is 2.28. The van der Waals surface area contributed by atoms with Crippen molar-refractivity contribution in [3.8, 4) is 0 Å². The van der Waals surface area contributed by atoms with Crippen molar-refractivity contribution in [3.63, 3.8) is 0 Å². The lowest BCUT2D eigenvalue weighted by Crippen LogP contribution is -2.34. The second-order valence-corrected chi connectivity index (χ2v) is 4.75. The highest BCUT2D eigenvalue weighted by Crippen LogP contribution is 2.45. The number of hydrogen-bond acceptors (Lipinski definition) is 2. The Labute approximate surface area is 96.4 Å². The van der Waals surface area contributed by atoms with Gasteiger partial charge in [-0.1, -0.05) is 26.7 Å². The van der Waals surface area contributed by atoms with Crippen molar-refractivity contribution in [1.82, 2.24) is 5.32 Å². The minimum Gasteiger partial charge on any atom is -0.481 e. The van der Waals surface area contributed by atoms with Crippen LogP contribution in [0, 0.1) is 11.3 Å². The van der Waals surface area contributed by atoms with Crippen LogP contribution >= 0.6 is 0 Å². The monoisotopic (exact) mass is 227 g/mol. The maximum atomic E-state index is 11.6. The van der Waals surface area contributed by atoms with Gasteiger partial charge in [0, 0.05) is 13.0 Å². The highest BCUT2D eigenvalue weighted by atomic mass is 16.4. The third-order valence-corrected chi connectivity index (χ3v) is 3.56. The summed E-state index contributed by atoms with van der Waals surface area (Å²) in [5, 5.41) is 11.7. The third kappa shape index (κ3) is 3.22. The van der Waals surface area contributed by atoms with E-state index in [9.17, 15) is 9.59 Å². The van der Waals surface area contributed by atoms with E-state index in [1.54, 1.807) is 0 Å². The molecule has 2 N–H and O–H groups in total. The van der Waals surface area contributed by atoms with Crippen LogP contribution in [-0.4, -0.2) is 23.5 Å². The Morgan fingerprint density at radius 2 is 1.88 bits per heavy atom. The van der Waals surface area contributed by atoms with E-state index in [1.165, 1.54) is 0 Å². The van der Waals surface area contributed by atoms with Gasteiger partial charge in [0.05, 0.1) is 5.41 Å². The first-order chi connectivity index (χ1) is 7.54. The lowest BCUT2D eigenvalue weighted by molar-refractivity contribution is -0.143. The molecule has 4 nitrogen and oxygen atoms in total. The SMILES string of the molecule is CCC(CC)CC(=O)NCC1(C(=O)O)CC1. The van der Waals surface area contributed by atoms with Crippen LogP contribution in [-0.2, 0) is 9.59 Å². The summed E-state index contributed by atoms with van der Waals surface area (Å²) in [6, 6.07) is 0. The van der Waals surface area contributed by atoms with Gasteiger partial charge in [-0.05, 0) is 18.8 Å². The minimum atomic E-state index is -0.782. The van der Waals surface area contributed by atoms with Crippen LogP contribution in [0.5, 0.6) is 0 Å². The zero-order valence-electron chi connectivity index (χ0n) is 10.1. The number of hydrogen-bond donors (Lipinski definition) is 2. The summed E-state index contributed by atoms with van der Waals surface area (Å²) in [4.78, 5) is 22.4. The van der Waals surface area contributed by atoms with Crippen molar-refractivity contribution < 1.29 is 14.7 Å². The van der Waals surface area contributed by atoms with Gasteiger partial charge in [0.1, 0.15) is 0 Å². The molecule has 1 aliphatic rings. The number of nitrogens with one attached hydrogen (secondary N) is 1. The summed E-state index contributed by atoms with van der Waals surface area (Å²) < 4.78 is 0. The molecule has 0 atom stereocenters. The first kappa shape index (κ1) is 13.0. The summed E-state index contributed by atoms with van der Waals surface area (Å²) in [5.41, 5.74) is -0.649. The van der Waals surface area contributed by atoms with Gasteiger partial charge in [-0.15, -0.1) is 0 Å². The third-order valence-electron chi connectivity index (χ3n) is 3.56. The fourth-order valence-corrected chi connectivity index (χ4v) is 1.80. The van der Waals surface area contributed by atoms with E-state index >= 15 is 0 Å². The summed E-state index contributed by atoms with van der Waals surface area (Å²) in [7, 11) is 0. The second kappa shape index (κ2) is 5.32. The Hall–Kier alpha value is -1.06. The van der Waals surface area contributed by atoms with Crippen LogP contribution in [0.3, 0.4) is 0 Å². The molecular weight excluding hydrogens is 206 g/mol. The number of carboxylic acid groups (broad SMARTS) is 1. The van der Waals surface area contributed by atoms with Crippen molar-refractivity contribution in [2.75, 3.05) is 6.54 Å². The average Bonchev–Trinajstić information content (AvgIpc) is 3.04. The van der Waals surface area contributed by atoms with Gasteiger partial charge < -0.3 is 10.4 Å². The molecule has 0 aliphatic heterocycles. The van der Waals surface area contributed by atoms with E-state index in [0.29, 0.717) is 31.7 Å². The number of carboxylic acids is 1. The molecule has 0 radical (unpaired) electrons. The van der Waals surface area contributed by atoms with Crippen LogP contribution in [0.1, 0.15) is 46.0 Å². The summed E-state index contributed by atoms with van der Waals surface area (Å²) in [6.07, 6.45) is 3.88. The first-order valence-corrected chi connectivity index (χ1v) is 6.04. The largest absolute Gasteiger partial charge is 0.481 e. The van der Waals surface area contributed by atoms with Crippen LogP contribution in [0.4, 0.5) is 0 Å². The molecule has 1 saturated carbocycles. The van der Waals surface area contributed by atoms with Crippen LogP contribution < -0.4 is 5.32 Å². The molecule has 0 bridgehead atoms. The molecule has 0 unspecified atom stereocenters. The van der Waals surface area contributed by atoms with E-state index in [0.717, 1.165) is 12.8 Å². The molecule has 0 heterocycles. The minimum absolute atomic E-state index is 0.0128. The lowest BCUT2D eigenvalue weighted by Gasteiger charge is -2.14. The molecule has 16 heavy (non-hydrogen) atoms. The standard InChI is InChI=1S/C12H21NO3/c1-3-9(4-2)7-10(14)13-8-12(5-6-12)11(15)16/h9H,3-8H2,1-2H3,(H,13,14)(H,15,16). The molecule has 1 rings (SSSR count). The summed E-state index contributed by atoms with van der Waals surface area (Å²) in [6.45, 7) is 4.43. The van der Waals surface area contributed by atoms with Gasteiger partial charge in [-0.3, -0.25) is 9.59 Å². The van der Waals surface area contributed by atoms with Gasteiger partial charge in [0.15, 0.2) is 0 Å². The van der Waals surface area contributed by atoms with Crippen molar-refractivity contribution in [1.29, 1.82) is 0 Å². The molecular formula is C12H21NO3. The fourth-order valence-electron chi connectivity index (χ4n) is 1.80. The van der Waals surface area contributed by atoms with Gasteiger partial charge in [-0.2, -0.15) is 0 Å². The maximum Gasteiger partial charge on any atom is 0.311 e. The van der Waals surface area contributed by atoms with E-state index in [2.05, 4.69) is 19.2 Å². The Morgan fingerprint density at radius 3 is 2.25 bits per heavy atom. The van der Waals surface area contributed by atoms with E-state index in [-0.39, 0.29) is 5.91 Å². The summed E-state index contributed by atoms with van der Waals surface area (Å²) >= 11 is 0. The zero-order chi connectivity index (χ0) is 12.2. The summed E-state index contributed by atoms with van der Waals surface area (Å²) in [5.74, 6) is -0.378. The highest BCUT2D eigenvalue weighted by molar-refractivity contribution is 5.81. The van der Waals surface area contributed by atoms with E-state index in [1.807, 2.05) is 0 Å². The predicted molar refractivity (Wildman–Crippen MR) is 61.0 cm³/mol. The Bertz CT molecular complexity index is 267. The van der Waals surface area contributed by atoms with Gasteiger partial charge >= 0.3 is 5.97 Å². The molecule has 4 heteroatoms. The van der Waals surface area contributed by atoms with Gasteiger partial charge in [0.2, 0.25) is 5.91 Å². The van der Waals surface area contributed by atoms with Gasteiger partial charge in [0.25, 0.3) is 0 Å². The van der Waals surface area contributed by atoms with Gasteiger partial charge in [-0.25, -0.2) is 0 Å². The highest BCUT2D eigenvalue weighted by Gasteiger charge is 2.50. The lowest BCUT2D eigenvalue weighted by atomic mass is 9.99. The van der Waals surface area contributed by atoms with Crippen molar-refractivity contribution >= 4 is 11.9 Å². The molecule has 0 aromatic heterocycles. The first-order valence-electron chi connectivity index (χ1n) is 6.04. The van der Waals surface area contributed by atoms with E-state index < -0.39 is 11.4 Å². The molecule has 0 aromatic rings. The quantitative estimate of drug-likeness (QED) is 0.697. The predicted octanol–water partition coefficient (Wildman–Crippen LogP) is 1.79. The zero-order valence-corrected chi connectivity index (χ0v) is 10.1. The normalized spacial score (nSPS) is 17.2. The Morgan fingerprint density at radius 1 is 1.31 bits per heavy atom. The molecule has 1 fully saturated rings. The van der Waals surface area contributed by atoms with Crippen molar-refractivity contribution in [2.24, 2.45) is 11.3 Å². The fraction of sp³-hybridized carbons (Fsp3) is 0.833. The van der Waals surface area contributed by atoms with Crippen LogP contribution in [0.15, 0.2) is 0 Å². The molecule has 92 valence electrons. The molecule has 0 saturated heterocycles. The number of carbonyl (C=O) groups is 2. The number of aliphatic carboxylic acids is 1. The molecule has 1 aliphatic carbocycles. The number of carbonyl (C=O) groups excluding carboxylic acids is 1. The smallest absolute Gasteiger partial charge is 0.311 e. The topological polar surface area (TPSA) is 66.4 Å². The molecule has 1 amide bonds. The second-order valence-electron chi connectivity index (χ2n) is 4.75. The van der Waals surface area contributed by atoms with Crippen LogP contribution in [0.2, 0.25) is 0 Å². The molecule has 0 aromatic carbocycles. The van der Waals surface area contributed by atoms with Crippen molar-refractivity contribution in [3.05, 3.63) is 0 Å². The maximum absolute atomic E-state index is 11.6.